The number of fused-ring (bicyclic) bond motifs is 1. The lowest BCUT2D eigenvalue weighted by molar-refractivity contribution is 0.198. The second-order valence-corrected chi connectivity index (χ2v) is 9.65. The molecule has 3 aromatic rings. The number of amides is 3. The Morgan fingerprint density at radius 1 is 1.19 bits per heavy atom. The summed E-state index contributed by atoms with van der Waals surface area (Å²) in [6.07, 6.45) is 2.33. The topological polar surface area (TPSA) is 119 Å². The molecule has 2 aliphatic rings. The van der Waals surface area contributed by atoms with Crippen molar-refractivity contribution < 1.29 is 19.1 Å². The predicted octanol–water partition coefficient (Wildman–Crippen LogP) is 5.00. The number of nitrogens with zero attached hydrogens (tertiary/aromatic N) is 4. The summed E-state index contributed by atoms with van der Waals surface area (Å²) >= 11 is 0. The van der Waals surface area contributed by atoms with Crippen molar-refractivity contribution in [1.29, 1.82) is 0 Å². The number of nitrogens with one attached hydrogen (secondary N) is 1. The van der Waals surface area contributed by atoms with Crippen LogP contribution >= 0.6 is 0 Å². The van der Waals surface area contributed by atoms with Crippen LogP contribution in [0.5, 0.6) is 0 Å². The van der Waals surface area contributed by atoms with Crippen molar-refractivity contribution in [3.8, 4) is 0 Å². The number of benzene rings is 2. The van der Waals surface area contributed by atoms with Crippen LogP contribution in [0.15, 0.2) is 42.5 Å². The number of aromatic nitrogens is 2. The van der Waals surface area contributed by atoms with E-state index in [1.807, 2.05) is 25.1 Å². The van der Waals surface area contributed by atoms with Gasteiger partial charge in [-0.05, 0) is 68.5 Å². The van der Waals surface area contributed by atoms with Gasteiger partial charge in [-0.3, -0.25) is 9.80 Å². The van der Waals surface area contributed by atoms with Gasteiger partial charge in [0.25, 0.3) is 0 Å². The van der Waals surface area contributed by atoms with Crippen LogP contribution in [-0.2, 0) is 0 Å². The number of hydrogen-bond donors (Lipinski definition) is 3. The molecular weight excluding hydrogens is 475 g/mol. The minimum atomic E-state index is -1.14. The largest absolute Gasteiger partial charge is 0.465 e. The van der Waals surface area contributed by atoms with E-state index in [0.29, 0.717) is 13.1 Å². The third-order valence-corrected chi connectivity index (χ3v) is 7.06. The molecule has 2 aromatic carbocycles. The van der Waals surface area contributed by atoms with Crippen LogP contribution in [0.4, 0.5) is 25.4 Å². The van der Waals surface area contributed by atoms with Crippen LogP contribution in [-0.4, -0.2) is 65.3 Å². The molecule has 0 bridgehead atoms. The SMILES string of the molecule is CCN.CN1CCN(c2ccc3nc(C4CCC(CN(C(=O)O)c5ccccc5F)CC4)[nH]c3c2)C1=O. The molecule has 0 spiro atoms. The molecular formula is C27H35FN6O3. The van der Waals surface area contributed by atoms with Crippen molar-refractivity contribution in [2.45, 2.75) is 38.5 Å². The zero-order valence-corrected chi connectivity index (χ0v) is 21.4. The lowest BCUT2D eigenvalue weighted by atomic mass is 9.81. The second-order valence-electron chi connectivity index (χ2n) is 9.65. The molecule has 1 saturated carbocycles. The predicted molar refractivity (Wildman–Crippen MR) is 143 cm³/mol. The second kappa shape index (κ2) is 11.6. The summed E-state index contributed by atoms with van der Waals surface area (Å²) in [4.78, 5) is 36.9. The van der Waals surface area contributed by atoms with E-state index < -0.39 is 11.9 Å². The van der Waals surface area contributed by atoms with Crippen molar-refractivity contribution in [3.05, 3.63) is 54.1 Å². The quantitative estimate of drug-likeness (QED) is 0.446. The molecule has 2 heterocycles. The molecule has 2 fully saturated rings. The molecule has 0 atom stereocenters. The third kappa shape index (κ3) is 5.85. The summed E-state index contributed by atoms with van der Waals surface area (Å²) in [6.45, 7) is 4.32. The van der Waals surface area contributed by atoms with Crippen LogP contribution in [0.3, 0.4) is 0 Å². The number of halogens is 1. The summed E-state index contributed by atoms with van der Waals surface area (Å²) in [5.41, 5.74) is 7.60. The Morgan fingerprint density at radius 2 is 1.89 bits per heavy atom. The Balaban J connectivity index is 0.00000102. The van der Waals surface area contributed by atoms with Crippen LogP contribution in [0, 0.1) is 11.7 Å². The van der Waals surface area contributed by atoms with Crippen molar-refractivity contribution in [1.82, 2.24) is 14.9 Å². The number of hydrogen-bond acceptors (Lipinski definition) is 4. The fourth-order valence-electron chi connectivity index (χ4n) is 5.09. The Hall–Kier alpha value is -3.66. The highest BCUT2D eigenvalue weighted by atomic mass is 19.1. The summed E-state index contributed by atoms with van der Waals surface area (Å²) in [6, 6.07) is 11.9. The minimum absolute atomic E-state index is 0.00296. The lowest BCUT2D eigenvalue weighted by Crippen LogP contribution is -2.36. The molecule has 37 heavy (non-hydrogen) atoms. The fourth-order valence-corrected chi connectivity index (χ4v) is 5.09. The molecule has 1 aliphatic heterocycles. The molecule has 0 unspecified atom stereocenters. The molecule has 10 heteroatoms. The van der Waals surface area contributed by atoms with Gasteiger partial charge >= 0.3 is 12.1 Å². The first-order chi connectivity index (χ1) is 17.8. The molecule has 0 radical (unpaired) electrons. The summed E-state index contributed by atoms with van der Waals surface area (Å²) in [5, 5.41) is 9.64. The highest BCUT2D eigenvalue weighted by Gasteiger charge is 2.29. The fraction of sp³-hybridized carbons (Fsp3) is 0.444. The van der Waals surface area contributed by atoms with Crippen molar-refractivity contribution in [2.24, 2.45) is 11.7 Å². The number of likely N-dealkylation sites (N-methyl/N-ethyl adjacent to an activating group) is 1. The van der Waals surface area contributed by atoms with Gasteiger partial charge in [-0.2, -0.15) is 0 Å². The number of rotatable bonds is 5. The molecule has 198 valence electrons. The van der Waals surface area contributed by atoms with Gasteiger partial charge in [0.2, 0.25) is 0 Å². The number of anilines is 2. The monoisotopic (exact) mass is 510 g/mol. The van der Waals surface area contributed by atoms with Crippen molar-refractivity contribution in [2.75, 3.05) is 43.0 Å². The van der Waals surface area contributed by atoms with Crippen LogP contribution in [0.2, 0.25) is 0 Å². The number of aromatic amines is 1. The molecule has 1 aliphatic carbocycles. The number of nitrogens with two attached hydrogens (primary N) is 1. The standard InChI is InChI=1S/C25H28FN5O3.C2H7N/c1-29-12-13-30(24(29)32)18-10-11-20-21(14-18)28-23(27-20)17-8-6-16(7-9-17)15-31(25(33)34)22-5-3-2-4-19(22)26;1-2-3/h2-5,10-11,14,16-17H,6-9,12-13,15H2,1H3,(H,27,28)(H,33,34);2-3H2,1H3. The highest BCUT2D eigenvalue weighted by molar-refractivity contribution is 5.96. The van der Waals surface area contributed by atoms with E-state index >= 15 is 0 Å². The Bertz CT molecular complexity index is 1240. The minimum Gasteiger partial charge on any atom is -0.465 e. The number of imidazole rings is 1. The number of carbonyl (C=O) groups is 2. The van der Waals surface area contributed by atoms with Gasteiger partial charge in [-0.1, -0.05) is 19.1 Å². The number of carbonyl (C=O) groups excluding carboxylic acids is 1. The number of urea groups is 1. The maximum absolute atomic E-state index is 14.2. The third-order valence-electron chi connectivity index (χ3n) is 7.06. The van der Waals surface area contributed by atoms with Crippen molar-refractivity contribution in [3.63, 3.8) is 0 Å². The maximum atomic E-state index is 14.2. The number of para-hydroxylation sites is 1. The van der Waals surface area contributed by atoms with Gasteiger partial charge in [0.15, 0.2) is 0 Å². The summed E-state index contributed by atoms with van der Waals surface area (Å²) < 4.78 is 14.2. The molecule has 9 nitrogen and oxygen atoms in total. The lowest BCUT2D eigenvalue weighted by Gasteiger charge is -2.31. The van der Waals surface area contributed by atoms with E-state index in [0.717, 1.165) is 59.7 Å². The van der Waals surface area contributed by atoms with Crippen LogP contribution in [0.1, 0.15) is 44.3 Å². The molecule has 5 rings (SSSR count). The van der Waals surface area contributed by atoms with E-state index in [4.69, 9.17) is 10.7 Å². The van der Waals surface area contributed by atoms with Gasteiger partial charge in [-0.15, -0.1) is 0 Å². The number of carboxylic acid groups (broad SMARTS) is 1. The zero-order chi connectivity index (χ0) is 26.5. The average molecular weight is 511 g/mol. The Kier molecular flexibility index (Phi) is 8.27. The Labute approximate surface area is 216 Å². The van der Waals surface area contributed by atoms with Gasteiger partial charge in [0, 0.05) is 38.3 Å². The number of H-pyrrole nitrogens is 1. The summed E-state index contributed by atoms with van der Waals surface area (Å²) in [5.74, 6) is 0.835. The van der Waals surface area contributed by atoms with E-state index in [1.54, 1.807) is 29.0 Å². The van der Waals surface area contributed by atoms with E-state index in [-0.39, 0.29) is 30.1 Å². The van der Waals surface area contributed by atoms with Gasteiger partial charge in [-0.25, -0.2) is 19.0 Å². The molecule has 1 aromatic heterocycles. The van der Waals surface area contributed by atoms with Gasteiger partial charge in [0.1, 0.15) is 11.6 Å². The van der Waals surface area contributed by atoms with E-state index in [1.165, 1.54) is 12.1 Å². The molecule has 1 saturated heterocycles. The first-order valence-corrected chi connectivity index (χ1v) is 12.8. The molecule has 4 N–H and O–H groups in total. The van der Waals surface area contributed by atoms with Crippen LogP contribution < -0.4 is 15.5 Å². The van der Waals surface area contributed by atoms with Gasteiger partial charge in [0.05, 0.1) is 16.7 Å². The van der Waals surface area contributed by atoms with Crippen LogP contribution in [0.25, 0.3) is 11.0 Å². The first kappa shape index (κ1) is 26.4. The smallest absolute Gasteiger partial charge is 0.411 e. The Morgan fingerprint density at radius 3 is 2.51 bits per heavy atom. The maximum Gasteiger partial charge on any atom is 0.411 e. The molecule has 3 amide bonds. The average Bonchev–Trinajstić information content (AvgIpc) is 3.46. The van der Waals surface area contributed by atoms with E-state index in [2.05, 4.69) is 4.98 Å². The highest BCUT2D eigenvalue weighted by Crippen LogP contribution is 2.37. The van der Waals surface area contributed by atoms with Crippen molar-refractivity contribution >= 4 is 34.5 Å². The zero-order valence-electron chi connectivity index (χ0n) is 21.4. The normalized spacial score (nSPS) is 19.6. The first-order valence-electron chi connectivity index (χ1n) is 12.8. The van der Waals surface area contributed by atoms with E-state index in [9.17, 15) is 19.1 Å². The summed E-state index contributed by atoms with van der Waals surface area (Å²) in [7, 11) is 1.80. The van der Waals surface area contributed by atoms with Gasteiger partial charge < -0.3 is 20.7 Å².